The minimum atomic E-state index is -0.0848. The molecule has 1 heterocycles. The number of hydrogen-bond donors (Lipinski definition) is 1. The lowest BCUT2D eigenvalue weighted by molar-refractivity contribution is 0.0750. The molecule has 2 aliphatic rings. The van der Waals surface area contributed by atoms with Gasteiger partial charge < -0.3 is 19.7 Å². The van der Waals surface area contributed by atoms with Gasteiger partial charge in [-0.15, -0.1) is 0 Å². The Hall–Kier alpha value is -1.40. The van der Waals surface area contributed by atoms with Crippen molar-refractivity contribution < 1.29 is 14.3 Å². The van der Waals surface area contributed by atoms with Crippen LogP contribution in [0.15, 0.2) is 18.2 Å². The quantitative estimate of drug-likeness (QED) is 0.629. The first-order chi connectivity index (χ1) is 13.7. The topological polar surface area (TPSA) is 50.8 Å². The Labute approximate surface area is 173 Å². The van der Waals surface area contributed by atoms with Crippen LogP contribution in [0, 0.1) is 0 Å². The van der Waals surface area contributed by atoms with Gasteiger partial charge in [-0.25, -0.2) is 0 Å². The number of carbonyl (C=O) groups is 1. The molecule has 0 bridgehead atoms. The van der Waals surface area contributed by atoms with Crippen LogP contribution in [0.4, 0.5) is 0 Å². The van der Waals surface area contributed by atoms with Gasteiger partial charge in [-0.2, -0.15) is 11.8 Å². The number of carbonyl (C=O) groups excluding carboxylic acids is 1. The number of rotatable bonds is 9. The molecule has 1 aliphatic heterocycles. The highest BCUT2D eigenvalue weighted by Crippen LogP contribution is 2.30. The predicted octanol–water partition coefficient (Wildman–Crippen LogP) is 3.96. The Bertz CT molecular complexity index is 626. The Morgan fingerprint density at radius 2 is 1.96 bits per heavy atom. The summed E-state index contributed by atoms with van der Waals surface area (Å²) in [5, 5.41) is 3.01. The van der Waals surface area contributed by atoms with Crippen molar-refractivity contribution in [2.45, 2.75) is 57.1 Å². The molecule has 1 amide bonds. The number of piperidine rings is 1. The normalized spacial score (nSPS) is 18.9. The average Bonchev–Trinajstić information content (AvgIpc) is 3.27. The highest BCUT2D eigenvalue weighted by atomic mass is 32.2. The van der Waals surface area contributed by atoms with Crippen LogP contribution in [0.5, 0.6) is 11.5 Å². The minimum Gasteiger partial charge on any atom is -0.497 e. The summed E-state index contributed by atoms with van der Waals surface area (Å²) in [6.07, 6.45) is 10.7. The molecule has 1 aromatic rings. The largest absolute Gasteiger partial charge is 0.497 e. The fourth-order valence-corrected chi connectivity index (χ4v) is 4.67. The lowest BCUT2D eigenvalue weighted by Crippen LogP contribution is -2.43. The highest BCUT2D eigenvalue weighted by Gasteiger charge is 2.28. The standard InChI is InChI=1S/C22H34N2O3S/c1-26-19-8-9-21(20(16-19)22(25)23-12-5-15-28-2)27-18-10-13-24(14-11-18)17-6-3-4-7-17/h8-9,16-18H,3-7,10-15H2,1-2H3,(H,23,25). The Morgan fingerprint density at radius 1 is 1.21 bits per heavy atom. The lowest BCUT2D eigenvalue weighted by Gasteiger charge is -2.36. The highest BCUT2D eigenvalue weighted by molar-refractivity contribution is 7.98. The van der Waals surface area contributed by atoms with Crippen molar-refractivity contribution in [2.75, 3.05) is 38.8 Å². The van der Waals surface area contributed by atoms with Crippen LogP contribution in [0.2, 0.25) is 0 Å². The molecule has 28 heavy (non-hydrogen) atoms. The van der Waals surface area contributed by atoms with E-state index in [1.165, 1.54) is 25.7 Å². The van der Waals surface area contributed by atoms with Crippen LogP contribution in [0.1, 0.15) is 55.3 Å². The monoisotopic (exact) mass is 406 g/mol. The van der Waals surface area contributed by atoms with E-state index in [2.05, 4.69) is 16.5 Å². The number of hydrogen-bond acceptors (Lipinski definition) is 5. The Balaban J connectivity index is 1.58. The summed E-state index contributed by atoms with van der Waals surface area (Å²) in [6, 6.07) is 6.31. The predicted molar refractivity (Wildman–Crippen MR) is 116 cm³/mol. The molecule has 1 aliphatic carbocycles. The molecule has 156 valence electrons. The van der Waals surface area contributed by atoms with Gasteiger partial charge >= 0.3 is 0 Å². The third-order valence-corrected chi connectivity index (χ3v) is 6.55. The lowest BCUT2D eigenvalue weighted by atomic mass is 10.0. The van der Waals surface area contributed by atoms with Gasteiger partial charge in [0.05, 0.1) is 12.7 Å². The van der Waals surface area contributed by atoms with Gasteiger partial charge in [0, 0.05) is 25.7 Å². The van der Waals surface area contributed by atoms with Gasteiger partial charge in [-0.05, 0) is 62.3 Å². The van der Waals surface area contributed by atoms with Crippen molar-refractivity contribution in [3.8, 4) is 11.5 Å². The van der Waals surface area contributed by atoms with Gasteiger partial charge in [-0.3, -0.25) is 4.79 Å². The molecule has 0 radical (unpaired) electrons. The Kier molecular flexibility index (Phi) is 8.34. The van der Waals surface area contributed by atoms with Crippen LogP contribution < -0.4 is 14.8 Å². The number of nitrogens with zero attached hydrogens (tertiary/aromatic N) is 1. The summed E-state index contributed by atoms with van der Waals surface area (Å²) >= 11 is 1.79. The molecule has 0 unspecified atom stereocenters. The van der Waals surface area contributed by atoms with Gasteiger partial charge in [-0.1, -0.05) is 12.8 Å². The molecule has 6 heteroatoms. The number of methoxy groups -OCH3 is 1. The number of thioether (sulfide) groups is 1. The first kappa shape index (κ1) is 21.3. The summed E-state index contributed by atoms with van der Waals surface area (Å²) in [6.45, 7) is 2.87. The fraction of sp³-hybridized carbons (Fsp3) is 0.682. The molecule has 1 aromatic carbocycles. The van der Waals surface area contributed by atoms with Crippen LogP contribution >= 0.6 is 11.8 Å². The summed E-state index contributed by atoms with van der Waals surface area (Å²) in [5.74, 6) is 2.31. The van der Waals surface area contributed by atoms with Gasteiger partial charge in [0.15, 0.2) is 0 Å². The second-order valence-electron chi connectivity index (χ2n) is 7.76. The van der Waals surface area contributed by atoms with Crippen molar-refractivity contribution in [3.05, 3.63) is 23.8 Å². The number of amides is 1. The maximum Gasteiger partial charge on any atom is 0.255 e. The summed E-state index contributed by atoms with van der Waals surface area (Å²) in [7, 11) is 1.62. The van der Waals surface area contributed by atoms with Crippen LogP contribution in [-0.4, -0.2) is 61.7 Å². The first-order valence-corrected chi connectivity index (χ1v) is 12.0. The molecule has 1 N–H and O–H groups in total. The molecule has 0 aromatic heterocycles. The van der Waals surface area contributed by atoms with E-state index in [1.54, 1.807) is 24.9 Å². The van der Waals surface area contributed by atoms with Crippen molar-refractivity contribution in [1.29, 1.82) is 0 Å². The second kappa shape index (κ2) is 11.0. The van der Waals surface area contributed by atoms with Gasteiger partial charge in [0.25, 0.3) is 5.91 Å². The van der Waals surface area contributed by atoms with E-state index in [4.69, 9.17) is 9.47 Å². The van der Waals surface area contributed by atoms with E-state index in [0.717, 1.165) is 44.1 Å². The number of ether oxygens (including phenoxy) is 2. The van der Waals surface area contributed by atoms with E-state index >= 15 is 0 Å². The first-order valence-electron chi connectivity index (χ1n) is 10.6. The molecule has 1 saturated carbocycles. The third-order valence-electron chi connectivity index (χ3n) is 5.85. The minimum absolute atomic E-state index is 0.0848. The second-order valence-corrected chi connectivity index (χ2v) is 8.74. The smallest absolute Gasteiger partial charge is 0.255 e. The molecule has 2 fully saturated rings. The van der Waals surface area contributed by atoms with E-state index in [9.17, 15) is 4.79 Å². The number of nitrogens with one attached hydrogen (secondary N) is 1. The summed E-state index contributed by atoms with van der Waals surface area (Å²) < 4.78 is 11.6. The molecule has 1 saturated heterocycles. The van der Waals surface area contributed by atoms with E-state index < -0.39 is 0 Å². The van der Waals surface area contributed by atoms with Gasteiger partial charge in [0.1, 0.15) is 17.6 Å². The molecular formula is C22H34N2O3S. The van der Waals surface area contributed by atoms with Crippen molar-refractivity contribution >= 4 is 17.7 Å². The van der Waals surface area contributed by atoms with Crippen molar-refractivity contribution in [1.82, 2.24) is 10.2 Å². The molecular weight excluding hydrogens is 372 g/mol. The molecule has 3 rings (SSSR count). The third kappa shape index (κ3) is 5.80. The fourth-order valence-electron chi connectivity index (χ4n) is 4.24. The van der Waals surface area contributed by atoms with Crippen molar-refractivity contribution in [2.24, 2.45) is 0 Å². The zero-order chi connectivity index (χ0) is 19.8. The van der Waals surface area contributed by atoms with E-state index in [0.29, 0.717) is 23.6 Å². The molecule has 0 atom stereocenters. The Morgan fingerprint density at radius 3 is 2.64 bits per heavy atom. The van der Waals surface area contributed by atoms with Crippen LogP contribution in [0.3, 0.4) is 0 Å². The number of benzene rings is 1. The SMILES string of the molecule is COc1ccc(OC2CCN(C3CCCC3)CC2)c(C(=O)NCCCSC)c1. The van der Waals surface area contributed by atoms with E-state index in [-0.39, 0.29) is 12.0 Å². The zero-order valence-corrected chi connectivity index (χ0v) is 18.1. The van der Waals surface area contributed by atoms with Crippen LogP contribution in [0.25, 0.3) is 0 Å². The van der Waals surface area contributed by atoms with Crippen molar-refractivity contribution in [3.63, 3.8) is 0 Å². The summed E-state index contributed by atoms with van der Waals surface area (Å²) in [5.41, 5.74) is 0.571. The zero-order valence-electron chi connectivity index (χ0n) is 17.2. The maximum atomic E-state index is 12.7. The van der Waals surface area contributed by atoms with Crippen LogP contribution in [-0.2, 0) is 0 Å². The maximum absolute atomic E-state index is 12.7. The average molecular weight is 407 g/mol. The molecule has 0 spiro atoms. The van der Waals surface area contributed by atoms with Gasteiger partial charge in [0.2, 0.25) is 0 Å². The molecule has 5 nitrogen and oxygen atoms in total. The summed E-state index contributed by atoms with van der Waals surface area (Å²) in [4.78, 5) is 15.3. The number of likely N-dealkylation sites (tertiary alicyclic amines) is 1. The van der Waals surface area contributed by atoms with E-state index in [1.807, 2.05) is 12.1 Å².